The van der Waals surface area contributed by atoms with Gasteiger partial charge >= 0.3 is 0 Å². The summed E-state index contributed by atoms with van der Waals surface area (Å²) in [6.07, 6.45) is 1.82. The van der Waals surface area contributed by atoms with E-state index in [1.165, 1.54) is 0 Å². The van der Waals surface area contributed by atoms with E-state index in [-0.39, 0.29) is 5.75 Å². The summed E-state index contributed by atoms with van der Waals surface area (Å²) in [6.45, 7) is 0. The quantitative estimate of drug-likeness (QED) is 0.532. The number of aromatic hydroxyl groups is 1. The van der Waals surface area contributed by atoms with Crippen LogP contribution in [-0.2, 0) is 0 Å². The van der Waals surface area contributed by atoms with Gasteiger partial charge in [-0.25, -0.2) is 4.98 Å². The van der Waals surface area contributed by atoms with E-state index in [0.717, 1.165) is 22.4 Å². The number of azo groups is 1. The van der Waals surface area contributed by atoms with Crippen LogP contribution < -0.4 is 0 Å². The molecule has 1 N–H and O–H groups in total. The fraction of sp³-hybridized carbons (Fsp3) is 0. The van der Waals surface area contributed by atoms with Gasteiger partial charge in [0.05, 0.1) is 22.4 Å². The molecule has 0 aliphatic carbocycles. The minimum Gasteiger partial charge on any atom is -0.508 e. The van der Waals surface area contributed by atoms with Gasteiger partial charge < -0.3 is 5.11 Å². The van der Waals surface area contributed by atoms with E-state index in [0.29, 0.717) is 5.69 Å². The highest BCUT2D eigenvalue weighted by molar-refractivity contribution is 5.77. The third kappa shape index (κ3) is 2.75. The first-order chi connectivity index (χ1) is 11.8. The fourth-order valence-corrected chi connectivity index (χ4v) is 2.48. The van der Waals surface area contributed by atoms with Crippen LogP contribution >= 0.6 is 0 Å². The minimum atomic E-state index is 0.214. The van der Waals surface area contributed by atoms with E-state index < -0.39 is 0 Å². The predicted molar refractivity (Wildman–Crippen MR) is 93.4 cm³/mol. The molecule has 0 atom stereocenters. The summed E-state index contributed by atoms with van der Waals surface area (Å²) in [4.78, 5) is 4.40. The Labute approximate surface area is 138 Å². The topological polar surface area (TPSA) is 62.8 Å². The Hall–Kier alpha value is -3.47. The lowest BCUT2D eigenvalue weighted by atomic mass is 10.2. The van der Waals surface area contributed by atoms with Crippen LogP contribution in [0.3, 0.4) is 0 Å². The van der Waals surface area contributed by atoms with Gasteiger partial charge in [0.1, 0.15) is 12.1 Å². The van der Waals surface area contributed by atoms with Gasteiger partial charge in [0, 0.05) is 5.69 Å². The highest BCUT2D eigenvalue weighted by Crippen LogP contribution is 2.23. The summed E-state index contributed by atoms with van der Waals surface area (Å²) in [7, 11) is 0. The van der Waals surface area contributed by atoms with Crippen molar-refractivity contribution < 1.29 is 5.11 Å². The number of nitrogens with zero attached hydrogens (tertiary/aromatic N) is 4. The maximum absolute atomic E-state index is 9.26. The Balaban J connectivity index is 1.59. The lowest BCUT2D eigenvalue weighted by Crippen LogP contribution is -1.90. The lowest BCUT2D eigenvalue weighted by molar-refractivity contribution is 0.475. The van der Waals surface area contributed by atoms with Gasteiger partial charge in [-0.3, -0.25) is 4.57 Å². The number of phenols is 1. The monoisotopic (exact) mass is 314 g/mol. The molecule has 0 radical (unpaired) electrons. The predicted octanol–water partition coefficient (Wildman–Crippen LogP) is 5.15. The first-order valence-corrected chi connectivity index (χ1v) is 7.53. The van der Waals surface area contributed by atoms with E-state index in [4.69, 9.17) is 0 Å². The third-order valence-electron chi connectivity index (χ3n) is 3.71. The average Bonchev–Trinajstić information content (AvgIpc) is 3.06. The molecule has 0 saturated heterocycles. The van der Waals surface area contributed by atoms with Crippen molar-refractivity contribution in [3.8, 4) is 11.4 Å². The molecular formula is C19H14N4O. The molecule has 5 heteroatoms. The van der Waals surface area contributed by atoms with E-state index in [1.807, 2.05) is 59.4 Å². The number of hydrogen-bond donors (Lipinski definition) is 1. The molecule has 5 nitrogen and oxygen atoms in total. The maximum Gasteiger partial charge on any atom is 0.115 e. The molecule has 1 aromatic heterocycles. The largest absolute Gasteiger partial charge is 0.508 e. The molecule has 0 amide bonds. The van der Waals surface area contributed by atoms with Gasteiger partial charge in [0.25, 0.3) is 0 Å². The molecule has 0 aliphatic heterocycles. The van der Waals surface area contributed by atoms with Gasteiger partial charge in [0.15, 0.2) is 0 Å². The average molecular weight is 314 g/mol. The van der Waals surface area contributed by atoms with Crippen LogP contribution in [0.4, 0.5) is 11.4 Å². The van der Waals surface area contributed by atoms with Gasteiger partial charge in [-0.1, -0.05) is 12.1 Å². The summed E-state index contributed by atoms with van der Waals surface area (Å²) in [6, 6.07) is 22.4. The SMILES string of the molecule is Oc1ccc(N=Nc2ccc(-n3cnc4ccccc43)cc2)cc1. The maximum atomic E-state index is 9.26. The second-order valence-electron chi connectivity index (χ2n) is 5.34. The van der Waals surface area contributed by atoms with Crippen LogP contribution in [0.5, 0.6) is 5.75 Å². The first-order valence-electron chi connectivity index (χ1n) is 7.53. The summed E-state index contributed by atoms with van der Waals surface area (Å²) >= 11 is 0. The number of imidazole rings is 1. The molecule has 0 aliphatic rings. The Morgan fingerprint density at radius 2 is 1.38 bits per heavy atom. The van der Waals surface area contributed by atoms with E-state index >= 15 is 0 Å². The van der Waals surface area contributed by atoms with Gasteiger partial charge in [0.2, 0.25) is 0 Å². The van der Waals surface area contributed by atoms with Crippen molar-refractivity contribution in [2.75, 3.05) is 0 Å². The van der Waals surface area contributed by atoms with Crippen molar-refractivity contribution in [3.05, 3.63) is 79.1 Å². The lowest BCUT2D eigenvalue weighted by Gasteiger charge is -2.04. The zero-order chi connectivity index (χ0) is 16.4. The van der Waals surface area contributed by atoms with Crippen LogP contribution in [0, 0.1) is 0 Å². The van der Waals surface area contributed by atoms with Crippen LogP contribution in [0.2, 0.25) is 0 Å². The Morgan fingerprint density at radius 1 is 0.750 bits per heavy atom. The number of phenolic OH excluding ortho intramolecular Hbond substituents is 1. The van der Waals surface area contributed by atoms with Crippen molar-refractivity contribution in [2.45, 2.75) is 0 Å². The van der Waals surface area contributed by atoms with Gasteiger partial charge in [-0.2, -0.15) is 10.2 Å². The van der Waals surface area contributed by atoms with Crippen LogP contribution in [0.1, 0.15) is 0 Å². The number of benzene rings is 3. The van der Waals surface area contributed by atoms with Crippen LogP contribution in [-0.4, -0.2) is 14.7 Å². The van der Waals surface area contributed by atoms with E-state index in [9.17, 15) is 5.11 Å². The van der Waals surface area contributed by atoms with Crippen molar-refractivity contribution in [2.24, 2.45) is 10.2 Å². The normalized spacial score (nSPS) is 11.3. The zero-order valence-corrected chi connectivity index (χ0v) is 12.7. The summed E-state index contributed by atoms with van der Waals surface area (Å²) in [5, 5.41) is 17.6. The number of para-hydroxylation sites is 2. The molecule has 0 saturated carbocycles. The Kier molecular flexibility index (Phi) is 3.51. The fourth-order valence-electron chi connectivity index (χ4n) is 2.48. The molecule has 0 bridgehead atoms. The van der Waals surface area contributed by atoms with Crippen molar-refractivity contribution in [1.82, 2.24) is 9.55 Å². The second-order valence-corrected chi connectivity index (χ2v) is 5.34. The van der Waals surface area contributed by atoms with Crippen molar-refractivity contribution in [1.29, 1.82) is 0 Å². The van der Waals surface area contributed by atoms with Gasteiger partial charge in [-0.15, -0.1) is 0 Å². The molecule has 1 heterocycles. The zero-order valence-electron chi connectivity index (χ0n) is 12.7. The first kappa shape index (κ1) is 14.1. The number of rotatable bonds is 3. The smallest absolute Gasteiger partial charge is 0.115 e. The van der Waals surface area contributed by atoms with Crippen molar-refractivity contribution >= 4 is 22.4 Å². The molecular weight excluding hydrogens is 300 g/mol. The minimum absolute atomic E-state index is 0.214. The van der Waals surface area contributed by atoms with Crippen molar-refractivity contribution in [3.63, 3.8) is 0 Å². The summed E-state index contributed by atoms with van der Waals surface area (Å²) < 4.78 is 2.04. The highest BCUT2D eigenvalue weighted by atomic mass is 16.3. The molecule has 0 fully saturated rings. The van der Waals surface area contributed by atoms with Crippen LogP contribution in [0.15, 0.2) is 89.4 Å². The Morgan fingerprint density at radius 3 is 2.08 bits per heavy atom. The molecule has 4 aromatic rings. The van der Waals surface area contributed by atoms with E-state index in [1.54, 1.807) is 24.3 Å². The molecule has 3 aromatic carbocycles. The number of hydrogen-bond acceptors (Lipinski definition) is 4. The molecule has 24 heavy (non-hydrogen) atoms. The Bertz CT molecular complexity index is 1000. The summed E-state index contributed by atoms with van der Waals surface area (Å²) in [5.41, 5.74) is 4.51. The number of aromatic nitrogens is 2. The molecule has 0 spiro atoms. The van der Waals surface area contributed by atoms with Gasteiger partial charge in [-0.05, 0) is 60.7 Å². The summed E-state index contributed by atoms with van der Waals surface area (Å²) in [5.74, 6) is 0.214. The third-order valence-corrected chi connectivity index (χ3v) is 3.71. The number of fused-ring (bicyclic) bond motifs is 1. The molecule has 0 unspecified atom stereocenters. The highest BCUT2D eigenvalue weighted by Gasteiger charge is 2.03. The van der Waals surface area contributed by atoms with E-state index in [2.05, 4.69) is 15.2 Å². The van der Waals surface area contributed by atoms with Crippen LogP contribution in [0.25, 0.3) is 16.7 Å². The standard InChI is InChI=1S/C19H14N4O/c24-17-11-7-15(8-12-17)22-21-14-5-9-16(10-6-14)23-13-20-18-3-1-2-4-19(18)23/h1-13,24H. The molecule has 116 valence electrons. The second kappa shape index (κ2) is 5.96. The molecule has 4 rings (SSSR count).